The zero-order valence-corrected chi connectivity index (χ0v) is 15.8. The number of hydrogen-bond donors (Lipinski definition) is 2. The molecule has 8 heteroatoms. The molecule has 3 N–H and O–H groups in total. The Morgan fingerprint density at radius 3 is 2.73 bits per heavy atom. The molecule has 1 fully saturated rings. The Balaban J connectivity index is 1.61. The van der Waals surface area contributed by atoms with Crippen molar-refractivity contribution in [3.63, 3.8) is 0 Å². The molecular weight excluding hydrogens is 350 g/mol. The molecule has 0 spiro atoms. The molecule has 0 aliphatic heterocycles. The molecule has 1 aliphatic rings. The molecule has 2 aromatic rings. The lowest BCUT2D eigenvalue weighted by atomic mass is 10.0. The van der Waals surface area contributed by atoms with E-state index in [0.717, 1.165) is 29.8 Å². The lowest BCUT2D eigenvalue weighted by molar-refractivity contribution is -0.119. The fourth-order valence-corrected chi connectivity index (χ4v) is 3.67. The van der Waals surface area contributed by atoms with Crippen LogP contribution in [0, 0.1) is 6.92 Å². The minimum Gasteiger partial charge on any atom is -0.368 e. The number of aryl methyl sites for hydroxylation is 1. The number of carbonyl (C=O) groups is 2. The Morgan fingerprint density at radius 1 is 1.35 bits per heavy atom. The highest BCUT2D eigenvalue weighted by molar-refractivity contribution is 7.99. The summed E-state index contributed by atoms with van der Waals surface area (Å²) in [6.45, 7) is 4.03. The molecule has 1 aromatic carbocycles. The minimum atomic E-state index is -0.439. The highest BCUT2D eigenvalue weighted by Gasteiger charge is 2.31. The number of thioether (sulfide) groups is 1. The van der Waals surface area contributed by atoms with E-state index < -0.39 is 5.91 Å². The second-order valence-electron chi connectivity index (χ2n) is 6.60. The summed E-state index contributed by atoms with van der Waals surface area (Å²) in [7, 11) is 0. The van der Waals surface area contributed by atoms with Crippen LogP contribution in [0.1, 0.15) is 48.7 Å². The number of rotatable bonds is 8. The summed E-state index contributed by atoms with van der Waals surface area (Å²) in [6, 6.07) is 7.91. The third-order valence-corrected chi connectivity index (χ3v) is 5.33. The van der Waals surface area contributed by atoms with Crippen molar-refractivity contribution >= 4 is 23.6 Å². The topological polar surface area (TPSA) is 103 Å². The number of nitrogens with two attached hydrogens (primary N) is 1. The number of benzene rings is 1. The lowest BCUT2D eigenvalue weighted by Crippen LogP contribution is -2.28. The van der Waals surface area contributed by atoms with Crippen LogP contribution in [0.5, 0.6) is 0 Å². The molecular formula is C18H23N5O2S. The van der Waals surface area contributed by atoms with Gasteiger partial charge in [0.25, 0.3) is 0 Å². The van der Waals surface area contributed by atoms with Gasteiger partial charge >= 0.3 is 0 Å². The van der Waals surface area contributed by atoms with Gasteiger partial charge in [-0.3, -0.25) is 14.2 Å². The summed E-state index contributed by atoms with van der Waals surface area (Å²) in [5, 5.41) is 11.9. The monoisotopic (exact) mass is 373 g/mol. The van der Waals surface area contributed by atoms with E-state index >= 15 is 0 Å². The van der Waals surface area contributed by atoms with E-state index in [0.29, 0.717) is 11.1 Å². The SMILES string of the molecule is Cc1ccccc1C(C)NC(=O)CSc1nnc(C2CC2)n1CC(N)=O. The molecule has 1 aliphatic carbocycles. The lowest BCUT2D eigenvalue weighted by Gasteiger charge is -2.16. The maximum absolute atomic E-state index is 12.3. The van der Waals surface area contributed by atoms with E-state index in [9.17, 15) is 9.59 Å². The fraction of sp³-hybridized carbons (Fsp3) is 0.444. The van der Waals surface area contributed by atoms with Gasteiger partial charge in [0.15, 0.2) is 5.16 Å². The Morgan fingerprint density at radius 2 is 2.08 bits per heavy atom. The number of carbonyl (C=O) groups excluding carboxylic acids is 2. The molecule has 1 heterocycles. The van der Waals surface area contributed by atoms with Gasteiger partial charge < -0.3 is 11.1 Å². The van der Waals surface area contributed by atoms with Crippen LogP contribution in [-0.4, -0.2) is 32.3 Å². The first-order chi connectivity index (χ1) is 12.5. The largest absolute Gasteiger partial charge is 0.368 e. The van der Waals surface area contributed by atoms with Crippen LogP contribution in [0.3, 0.4) is 0 Å². The van der Waals surface area contributed by atoms with Crippen LogP contribution in [0.25, 0.3) is 0 Å². The Hall–Kier alpha value is -2.35. The fourth-order valence-electron chi connectivity index (χ4n) is 2.92. The second kappa shape index (κ2) is 7.90. The van der Waals surface area contributed by atoms with Crippen molar-refractivity contribution in [3.05, 3.63) is 41.2 Å². The van der Waals surface area contributed by atoms with Crippen molar-refractivity contribution in [2.24, 2.45) is 5.73 Å². The molecule has 1 saturated carbocycles. The number of amides is 2. The van der Waals surface area contributed by atoms with Crippen LogP contribution >= 0.6 is 11.8 Å². The van der Waals surface area contributed by atoms with Crippen LogP contribution in [0.4, 0.5) is 0 Å². The molecule has 2 amide bonds. The Bertz CT molecular complexity index is 816. The smallest absolute Gasteiger partial charge is 0.237 e. The van der Waals surface area contributed by atoms with Crippen molar-refractivity contribution in [3.8, 4) is 0 Å². The van der Waals surface area contributed by atoms with Gasteiger partial charge in [-0.05, 0) is 37.8 Å². The quantitative estimate of drug-likeness (QED) is 0.688. The first kappa shape index (κ1) is 18.4. The zero-order chi connectivity index (χ0) is 18.7. The third kappa shape index (κ3) is 4.43. The van der Waals surface area contributed by atoms with Crippen molar-refractivity contribution in [2.75, 3.05) is 5.75 Å². The van der Waals surface area contributed by atoms with Crippen molar-refractivity contribution in [2.45, 2.75) is 50.4 Å². The number of aromatic nitrogens is 3. The van der Waals surface area contributed by atoms with Crippen molar-refractivity contribution < 1.29 is 9.59 Å². The number of nitrogens with one attached hydrogen (secondary N) is 1. The summed E-state index contributed by atoms with van der Waals surface area (Å²) in [6.07, 6.45) is 2.10. The number of nitrogens with zero attached hydrogens (tertiary/aromatic N) is 3. The van der Waals surface area contributed by atoms with E-state index in [4.69, 9.17) is 5.73 Å². The van der Waals surface area contributed by atoms with E-state index in [2.05, 4.69) is 15.5 Å². The molecule has 7 nitrogen and oxygen atoms in total. The first-order valence-electron chi connectivity index (χ1n) is 8.64. The van der Waals surface area contributed by atoms with Gasteiger partial charge in [0.1, 0.15) is 12.4 Å². The molecule has 26 heavy (non-hydrogen) atoms. The van der Waals surface area contributed by atoms with Gasteiger partial charge in [-0.25, -0.2) is 0 Å². The molecule has 0 radical (unpaired) electrons. The summed E-state index contributed by atoms with van der Waals surface area (Å²) < 4.78 is 1.74. The van der Waals surface area contributed by atoms with Crippen LogP contribution in [0.2, 0.25) is 0 Å². The maximum Gasteiger partial charge on any atom is 0.237 e. The zero-order valence-electron chi connectivity index (χ0n) is 14.9. The molecule has 0 bridgehead atoms. The van der Waals surface area contributed by atoms with Crippen LogP contribution in [-0.2, 0) is 16.1 Å². The highest BCUT2D eigenvalue weighted by atomic mass is 32.2. The Kier molecular flexibility index (Phi) is 5.61. The third-order valence-electron chi connectivity index (χ3n) is 4.37. The molecule has 138 valence electrons. The van der Waals surface area contributed by atoms with Gasteiger partial charge in [0, 0.05) is 5.92 Å². The molecule has 1 atom stereocenters. The van der Waals surface area contributed by atoms with E-state index in [1.165, 1.54) is 11.8 Å². The standard InChI is InChI=1S/C18H23N5O2S/c1-11-5-3-4-6-14(11)12(2)20-16(25)10-26-18-22-21-17(13-7-8-13)23(18)9-15(19)24/h3-6,12-13H,7-10H2,1-2H3,(H2,19,24)(H,20,25). The average molecular weight is 373 g/mol. The first-order valence-corrected chi connectivity index (χ1v) is 9.63. The summed E-state index contributed by atoms with van der Waals surface area (Å²) >= 11 is 1.27. The number of primary amides is 1. The number of hydrogen-bond acceptors (Lipinski definition) is 5. The second-order valence-corrected chi connectivity index (χ2v) is 7.54. The van der Waals surface area contributed by atoms with Gasteiger partial charge in [-0.2, -0.15) is 0 Å². The van der Waals surface area contributed by atoms with E-state index in [1.54, 1.807) is 4.57 Å². The summed E-state index contributed by atoms with van der Waals surface area (Å²) in [4.78, 5) is 23.7. The summed E-state index contributed by atoms with van der Waals surface area (Å²) in [5.74, 6) is 0.822. The molecule has 0 saturated heterocycles. The minimum absolute atomic E-state index is 0.0440. The van der Waals surface area contributed by atoms with Gasteiger partial charge in [-0.15, -0.1) is 10.2 Å². The van der Waals surface area contributed by atoms with Gasteiger partial charge in [0.2, 0.25) is 11.8 Å². The normalized spacial score (nSPS) is 14.8. The van der Waals surface area contributed by atoms with Crippen molar-refractivity contribution in [1.82, 2.24) is 20.1 Å². The predicted octanol–water partition coefficient (Wildman–Crippen LogP) is 1.92. The molecule has 3 rings (SSSR count). The van der Waals surface area contributed by atoms with Crippen molar-refractivity contribution in [1.29, 1.82) is 0 Å². The van der Waals surface area contributed by atoms with Gasteiger partial charge in [-0.1, -0.05) is 36.0 Å². The maximum atomic E-state index is 12.3. The van der Waals surface area contributed by atoms with E-state index in [-0.39, 0.29) is 24.2 Å². The molecule has 1 aromatic heterocycles. The van der Waals surface area contributed by atoms with E-state index in [1.807, 2.05) is 38.1 Å². The molecule has 1 unspecified atom stereocenters. The van der Waals surface area contributed by atoms with Gasteiger partial charge in [0.05, 0.1) is 11.8 Å². The van der Waals surface area contributed by atoms with Crippen LogP contribution < -0.4 is 11.1 Å². The predicted molar refractivity (Wildman–Crippen MR) is 99.7 cm³/mol. The van der Waals surface area contributed by atoms with Crippen LogP contribution in [0.15, 0.2) is 29.4 Å². The summed E-state index contributed by atoms with van der Waals surface area (Å²) in [5.41, 5.74) is 7.58. The average Bonchev–Trinajstić information content (AvgIpc) is 3.35. The highest BCUT2D eigenvalue weighted by Crippen LogP contribution is 2.40. The Labute approximate surface area is 156 Å².